The van der Waals surface area contributed by atoms with Crippen molar-refractivity contribution in [3.63, 3.8) is 0 Å². The van der Waals surface area contributed by atoms with Crippen molar-refractivity contribution in [2.45, 2.75) is 39.7 Å². The van der Waals surface area contributed by atoms with Crippen molar-refractivity contribution in [3.05, 3.63) is 35.9 Å². The summed E-state index contributed by atoms with van der Waals surface area (Å²) >= 11 is 0. The first-order valence-electron chi connectivity index (χ1n) is 6.50. The molecule has 0 spiro atoms. The second kappa shape index (κ2) is 6.05. The van der Waals surface area contributed by atoms with Crippen LogP contribution in [0.5, 0.6) is 0 Å². The minimum Gasteiger partial charge on any atom is -0.324 e. The van der Waals surface area contributed by atoms with E-state index in [2.05, 4.69) is 58.2 Å². The van der Waals surface area contributed by atoms with Gasteiger partial charge in [-0.25, -0.2) is 0 Å². The summed E-state index contributed by atoms with van der Waals surface area (Å²) in [6.07, 6.45) is 2.48. The van der Waals surface area contributed by atoms with E-state index in [1.807, 2.05) is 0 Å². The molecular weight excluding hydrogens is 194 g/mol. The fraction of sp³-hybridized carbons (Fsp3) is 0.600. The molecule has 0 aliphatic heterocycles. The van der Waals surface area contributed by atoms with Crippen LogP contribution in [0, 0.1) is 0 Å². The molecular formula is C15H26N+. The molecule has 1 unspecified atom stereocenters. The number of rotatable bonds is 6. The lowest BCUT2D eigenvalue weighted by atomic mass is 10.0. The molecule has 0 amide bonds. The van der Waals surface area contributed by atoms with Crippen molar-refractivity contribution in [2.75, 3.05) is 20.1 Å². The van der Waals surface area contributed by atoms with Crippen molar-refractivity contribution in [3.8, 4) is 0 Å². The highest BCUT2D eigenvalue weighted by Gasteiger charge is 2.24. The van der Waals surface area contributed by atoms with Crippen LogP contribution >= 0.6 is 0 Å². The molecule has 0 aromatic heterocycles. The van der Waals surface area contributed by atoms with Crippen molar-refractivity contribution in [2.24, 2.45) is 0 Å². The van der Waals surface area contributed by atoms with Gasteiger partial charge in [0, 0.05) is 6.42 Å². The number of hydrogen-bond acceptors (Lipinski definition) is 0. The third-order valence-corrected chi connectivity index (χ3v) is 4.20. The van der Waals surface area contributed by atoms with Gasteiger partial charge >= 0.3 is 0 Å². The van der Waals surface area contributed by atoms with Crippen molar-refractivity contribution in [1.82, 2.24) is 0 Å². The molecule has 0 saturated heterocycles. The smallest absolute Gasteiger partial charge is 0.0862 e. The fourth-order valence-electron chi connectivity index (χ4n) is 2.18. The summed E-state index contributed by atoms with van der Waals surface area (Å²) in [6, 6.07) is 11.6. The van der Waals surface area contributed by atoms with Crippen LogP contribution in [0.4, 0.5) is 0 Å². The summed E-state index contributed by atoms with van der Waals surface area (Å²) in [5.74, 6) is 0. The number of benzene rings is 1. The third-order valence-electron chi connectivity index (χ3n) is 4.20. The summed E-state index contributed by atoms with van der Waals surface area (Å²) in [5.41, 5.74) is 1.47. The maximum atomic E-state index is 2.38. The van der Waals surface area contributed by atoms with Gasteiger partial charge in [0.2, 0.25) is 0 Å². The van der Waals surface area contributed by atoms with E-state index in [0.717, 1.165) is 6.04 Å². The highest BCUT2D eigenvalue weighted by molar-refractivity contribution is 5.14. The lowest BCUT2D eigenvalue weighted by Gasteiger charge is -2.38. The summed E-state index contributed by atoms with van der Waals surface area (Å²) in [4.78, 5) is 0. The van der Waals surface area contributed by atoms with Gasteiger partial charge in [0.15, 0.2) is 0 Å². The van der Waals surface area contributed by atoms with E-state index >= 15 is 0 Å². The summed E-state index contributed by atoms with van der Waals surface area (Å²) in [6.45, 7) is 9.43. The zero-order chi connectivity index (χ0) is 12.0. The quantitative estimate of drug-likeness (QED) is 0.644. The first kappa shape index (κ1) is 13.2. The van der Waals surface area contributed by atoms with E-state index in [1.54, 1.807) is 0 Å². The van der Waals surface area contributed by atoms with Crippen molar-refractivity contribution in [1.29, 1.82) is 0 Å². The van der Waals surface area contributed by atoms with Crippen molar-refractivity contribution < 1.29 is 4.48 Å². The van der Waals surface area contributed by atoms with Crippen LogP contribution in [0.25, 0.3) is 0 Å². The summed E-state index contributed by atoms with van der Waals surface area (Å²) < 4.78 is 1.19. The molecule has 1 rings (SSSR count). The van der Waals surface area contributed by atoms with Gasteiger partial charge in [0.1, 0.15) is 0 Å². The zero-order valence-electron chi connectivity index (χ0n) is 11.2. The number of nitrogens with zero attached hydrogens (tertiary/aromatic N) is 1. The van der Waals surface area contributed by atoms with Gasteiger partial charge in [0.25, 0.3) is 0 Å². The SMILES string of the molecule is CC[N+](C)(CC)C(C)CCc1ccccc1. The van der Waals surface area contributed by atoms with E-state index in [0.29, 0.717) is 0 Å². The average molecular weight is 220 g/mol. The standard InChI is InChI=1S/C15H26N/c1-5-16(4,6-2)14(3)12-13-15-10-8-7-9-11-15/h7-11,14H,5-6,12-13H2,1-4H3/q+1. The Hall–Kier alpha value is -0.820. The van der Waals surface area contributed by atoms with Crippen LogP contribution in [0.1, 0.15) is 32.8 Å². The summed E-state index contributed by atoms with van der Waals surface area (Å²) in [5, 5.41) is 0. The van der Waals surface area contributed by atoms with Crippen LogP contribution in [0.15, 0.2) is 30.3 Å². The minimum atomic E-state index is 0.746. The van der Waals surface area contributed by atoms with E-state index in [1.165, 1.54) is 36.0 Å². The predicted octanol–water partition coefficient (Wildman–Crippen LogP) is 3.49. The van der Waals surface area contributed by atoms with Gasteiger partial charge in [-0.15, -0.1) is 0 Å². The Labute approximate surface area is 101 Å². The molecule has 1 aromatic carbocycles. The Balaban J connectivity index is 2.49. The predicted molar refractivity (Wildman–Crippen MR) is 71.5 cm³/mol. The minimum absolute atomic E-state index is 0.746. The molecule has 0 saturated carbocycles. The van der Waals surface area contributed by atoms with Crippen LogP contribution in [-0.4, -0.2) is 30.7 Å². The van der Waals surface area contributed by atoms with Crippen molar-refractivity contribution >= 4 is 0 Å². The monoisotopic (exact) mass is 220 g/mol. The summed E-state index contributed by atoms with van der Waals surface area (Å²) in [7, 11) is 2.37. The zero-order valence-corrected chi connectivity index (χ0v) is 11.2. The lowest BCUT2D eigenvalue weighted by molar-refractivity contribution is -0.928. The Morgan fingerprint density at radius 1 is 1.06 bits per heavy atom. The molecule has 16 heavy (non-hydrogen) atoms. The van der Waals surface area contributed by atoms with E-state index in [-0.39, 0.29) is 0 Å². The second-order valence-corrected chi connectivity index (χ2v) is 4.99. The van der Waals surface area contributed by atoms with E-state index < -0.39 is 0 Å². The molecule has 90 valence electrons. The normalized spacial score (nSPS) is 13.8. The highest BCUT2D eigenvalue weighted by Crippen LogP contribution is 2.15. The first-order chi connectivity index (χ1) is 7.62. The van der Waals surface area contributed by atoms with Crippen LogP contribution in [-0.2, 0) is 6.42 Å². The molecule has 0 N–H and O–H groups in total. The van der Waals surface area contributed by atoms with Gasteiger partial charge in [-0.05, 0) is 32.8 Å². The molecule has 1 heteroatoms. The van der Waals surface area contributed by atoms with Gasteiger partial charge < -0.3 is 4.48 Å². The molecule has 0 heterocycles. The van der Waals surface area contributed by atoms with Crippen LogP contribution in [0.2, 0.25) is 0 Å². The Kier molecular flexibility index (Phi) is 5.01. The maximum absolute atomic E-state index is 2.38. The first-order valence-corrected chi connectivity index (χ1v) is 6.50. The number of quaternary nitrogens is 1. The molecule has 1 aromatic rings. The number of hydrogen-bond donors (Lipinski definition) is 0. The molecule has 0 radical (unpaired) electrons. The third kappa shape index (κ3) is 3.34. The molecule has 0 fully saturated rings. The maximum Gasteiger partial charge on any atom is 0.0862 e. The number of aryl methyl sites for hydroxylation is 1. The van der Waals surface area contributed by atoms with E-state index in [9.17, 15) is 0 Å². The molecule has 1 atom stereocenters. The second-order valence-electron chi connectivity index (χ2n) is 4.99. The Morgan fingerprint density at radius 2 is 1.62 bits per heavy atom. The Morgan fingerprint density at radius 3 is 2.12 bits per heavy atom. The average Bonchev–Trinajstić information content (AvgIpc) is 2.36. The van der Waals surface area contributed by atoms with Crippen LogP contribution < -0.4 is 0 Å². The van der Waals surface area contributed by atoms with Gasteiger partial charge in [-0.3, -0.25) is 0 Å². The topological polar surface area (TPSA) is 0 Å². The van der Waals surface area contributed by atoms with Gasteiger partial charge in [-0.1, -0.05) is 30.3 Å². The largest absolute Gasteiger partial charge is 0.324 e. The Bertz CT molecular complexity index is 288. The highest BCUT2D eigenvalue weighted by atomic mass is 15.3. The molecule has 0 aliphatic rings. The van der Waals surface area contributed by atoms with Gasteiger partial charge in [0.05, 0.1) is 26.2 Å². The van der Waals surface area contributed by atoms with Crippen LogP contribution in [0.3, 0.4) is 0 Å². The molecule has 0 bridgehead atoms. The van der Waals surface area contributed by atoms with Gasteiger partial charge in [-0.2, -0.15) is 0 Å². The molecule has 1 nitrogen and oxygen atoms in total. The van der Waals surface area contributed by atoms with E-state index in [4.69, 9.17) is 0 Å². The molecule has 0 aliphatic carbocycles. The fourth-order valence-corrected chi connectivity index (χ4v) is 2.18. The lowest BCUT2D eigenvalue weighted by Crippen LogP contribution is -2.50.